The van der Waals surface area contributed by atoms with E-state index in [1.807, 2.05) is 0 Å². The third-order valence-corrected chi connectivity index (χ3v) is 2.04. The van der Waals surface area contributed by atoms with Crippen LogP contribution in [0.4, 0.5) is 4.79 Å². The molecule has 0 fully saturated rings. The molecular weight excluding hydrogens is 282 g/mol. The lowest BCUT2D eigenvalue weighted by Gasteiger charge is -2.22. The summed E-state index contributed by atoms with van der Waals surface area (Å²) >= 11 is 0. The fourth-order valence-electron chi connectivity index (χ4n) is 1.28. The number of amides is 1. The first-order valence-electron chi connectivity index (χ1n) is 6.32. The van der Waals surface area contributed by atoms with Gasteiger partial charge in [-0.1, -0.05) is 5.43 Å². The summed E-state index contributed by atoms with van der Waals surface area (Å²) in [6.07, 6.45) is 0.193. The number of hydrogen-bond donors (Lipinski definition) is 4. The average molecular weight is 304 g/mol. The second kappa shape index (κ2) is 8.95. The number of nitrogens with one attached hydrogen (secondary N) is 2. The molecule has 0 aliphatic rings. The fraction of sp³-hybridized carbons (Fsp3) is 0.727. The molecular formula is C11H22N5O5. The zero-order valence-corrected chi connectivity index (χ0v) is 12.3. The molecule has 10 heteroatoms. The van der Waals surface area contributed by atoms with Gasteiger partial charge in [0.1, 0.15) is 12.2 Å². The maximum Gasteiger partial charge on any atom is 0.407 e. The van der Waals surface area contributed by atoms with E-state index in [2.05, 4.69) is 10.3 Å². The second-order valence-corrected chi connectivity index (χ2v) is 5.18. The molecule has 21 heavy (non-hydrogen) atoms. The largest absolute Gasteiger partial charge is 0.444 e. The number of carbonyl (C=O) groups excluding carboxylic acids is 1. The minimum atomic E-state index is -0.812. The predicted molar refractivity (Wildman–Crippen MR) is 75.2 cm³/mol. The molecule has 0 heterocycles. The van der Waals surface area contributed by atoms with E-state index in [-0.39, 0.29) is 12.5 Å². The molecule has 0 aromatic carbocycles. The Labute approximate surface area is 122 Å². The molecule has 0 aliphatic heterocycles. The third kappa shape index (κ3) is 11.4. The van der Waals surface area contributed by atoms with Gasteiger partial charge in [-0.3, -0.25) is 0 Å². The number of guanidine groups is 1. The first-order chi connectivity index (χ1) is 9.64. The van der Waals surface area contributed by atoms with Gasteiger partial charge < -0.3 is 20.9 Å². The Balaban J connectivity index is 4.06. The number of rotatable bonds is 7. The predicted octanol–water partition coefficient (Wildman–Crippen LogP) is 0.290. The van der Waals surface area contributed by atoms with Gasteiger partial charge in [0.25, 0.3) is 5.96 Å². The van der Waals surface area contributed by atoms with Crippen LogP contribution in [0.2, 0.25) is 0 Å². The highest BCUT2D eigenvalue weighted by atomic mass is 16.7. The lowest BCUT2D eigenvalue weighted by Crippen LogP contribution is -2.39. The highest BCUT2D eigenvalue weighted by Gasteiger charge is 2.19. The van der Waals surface area contributed by atoms with E-state index < -0.39 is 22.8 Å². The van der Waals surface area contributed by atoms with Crippen LogP contribution < -0.4 is 16.5 Å². The van der Waals surface area contributed by atoms with Crippen LogP contribution >= 0.6 is 0 Å². The Morgan fingerprint density at radius 3 is 2.67 bits per heavy atom. The maximum atomic E-state index is 11.5. The Kier molecular flexibility index (Phi) is 8.06. The Morgan fingerprint density at radius 1 is 1.57 bits per heavy atom. The van der Waals surface area contributed by atoms with Crippen molar-refractivity contribution in [3.63, 3.8) is 0 Å². The summed E-state index contributed by atoms with van der Waals surface area (Å²) in [5.74, 6) is -0.301. The number of carbonyl (C=O) groups is 1. The molecule has 0 aromatic heterocycles. The van der Waals surface area contributed by atoms with Crippen LogP contribution in [-0.4, -0.2) is 40.4 Å². The molecule has 0 unspecified atom stereocenters. The van der Waals surface area contributed by atoms with Crippen LogP contribution in [-0.2, 0) is 4.74 Å². The normalized spacial score (nSPS) is 13.4. The minimum Gasteiger partial charge on any atom is -0.444 e. The highest BCUT2D eigenvalue weighted by molar-refractivity contribution is 5.76. The van der Waals surface area contributed by atoms with Crippen LogP contribution in [0.15, 0.2) is 4.99 Å². The number of ether oxygens (including phenoxy) is 1. The van der Waals surface area contributed by atoms with Crippen LogP contribution in [0.3, 0.4) is 0 Å². The number of aliphatic hydroxyl groups excluding tert-OH is 1. The lowest BCUT2D eigenvalue weighted by atomic mass is 10.1. The van der Waals surface area contributed by atoms with E-state index in [0.717, 1.165) is 6.61 Å². The Morgan fingerprint density at radius 2 is 2.19 bits per heavy atom. The fourth-order valence-corrected chi connectivity index (χ4v) is 1.28. The number of aliphatic imine (C=N–C) groups is 1. The number of aliphatic hydroxyl groups is 1. The highest BCUT2D eigenvalue weighted by Crippen LogP contribution is 2.08. The summed E-state index contributed by atoms with van der Waals surface area (Å²) in [5, 5.41) is 20.8. The molecule has 1 atom stereocenters. The van der Waals surface area contributed by atoms with Crippen molar-refractivity contribution in [2.75, 3.05) is 6.54 Å². The molecule has 0 spiro atoms. The van der Waals surface area contributed by atoms with E-state index in [0.29, 0.717) is 12.8 Å². The van der Waals surface area contributed by atoms with Crippen molar-refractivity contribution >= 4 is 12.1 Å². The summed E-state index contributed by atoms with van der Waals surface area (Å²) in [6, 6.07) is -0.597. The molecule has 1 radical (unpaired) electrons. The van der Waals surface area contributed by atoms with E-state index in [9.17, 15) is 14.9 Å². The van der Waals surface area contributed by atoms with E-state index in [1.54, 1.807) is 26.2 Å². The van der Waals surface area contributed by atoms with Crippen molar-refractivity contribution in [1.82, 2.24) is 10.7 Å². The van der Waals surface area contributed by atoms with Crippen molar-refractivity contribution in [2.45, 2.75) is 45.3 Å². The lowest BCUT2D eigenvalue weighted by molar-refractivity contribution is -0.525. The van der Waals surface area contributed by atoms with Crippen LogP contribution in [0.5, 0.6) is 0 Å². The topological polar surface area (TPSA) is 152 Å². The van der Waals surface area contributed by atoms with Crippen molar-refractivity contribution in [3.8, 4) is 0 Å². The number of nitrogens with two attached hydrogens (primary N) is 1. The number of alkyl carbamates (subject to hydrolysis) is 1. The second-order valence-electron chi connectivity index (χ2n) is 5.18. The van der Waals surface area contributed by atoms with Gasteiger partial charge in [0, 0.05) is 6.54 Å². The zero-order valence-electron chi connectivity index (χ0n) is 12.3. The van der Waals surface area contributed by atoms with Gasteiger partial charge in [-0.2, -0.15) is 0 Å². The van der Waals surface area contributed by atoms with Gasteiger partial charge in [0.2, 0.25) is 0 Å². The SMILES string of the molecule is CC(C)(C)OC(=O)N[C@H]([CH]O)CCCN=C(N)N[N+](=O)[O-]. The summed E-state index contributed by atoms with van der Waals surface area (Å²) < 4.78 is 5.04. The summed E-state index contributed by atoms with van der Waals surface area (Å²) in [4.78, 5) is 25.3. The quantitative estimate of drug-likeness (QED) is 0.173. The minimum absolute atomic E-state index is 0.215. The number of hydrazine groups is 1. The summed E-state index contributed by atoms with van der Waals surface area (Å²) in [5.41, 5.74) is 6.30. The average Bonchev–Trinajstić information content (AvgIpc) is 2.29. The molecule has 0 aliphatic carbocycles. The first kappa shape index (κ1) is 18.9. The van der Waals surface area contributed by atoms with Crippen molar-refractivity contribution in [3.05, 3.63) is 16.7 Å². The molecule has 1 amide bonds. The molecule has 10 nitrogen and oxygen atoms in total. The molecule has 0 aromatic rings. The van der Waals surface area contributed by atoms with Gasteiger partial charge in [0.05, 0.1) is 6.04 Å². The Hall–Kier alpha value is -2.10. The van der Waals surface area contributed by atoms with Crippen LogP contribution in [0, 0.1) is 16.7 Å². The first-order valence-corrected chi connectivity index (χ1v) is 6.32. The molecule has 0 saturated heterocycles. The van der Waals surface area contributed by atoms with E-state index >= 15 is 0 Å². The molecule has 0 rings (SSSR count). The summed E-state index contributed by atoms with van der Waals surface area (Å²) in [7, 11) is 0. The van der Waals surface area contributed by atoms with Gasteiger partial charge >= 0.3 is 6.09 Å². The zero-order chi connectivity index (χ0) is 16.5. The standard InChI is InChI=1S/C11H22N5O5/c1-11(2,3)21-10(18)14-8(7-17)5-4-6-13-9(12)15-16(19)20/h7-8,17H,4-6H2,1-3H3,(H,14,18)(H3,12,13,15)/t8-/m0/s1. The monoisotopic (exact) mass is 304 g/mol. The molecule has 0 saturated carbocycles. The Bertz CT molecular complexity index is 380. The van der Waals surface area contributed by atoms with E-state index in [1.165, 1.54) is 0 Å². The number of nitrogens with zero attached hydrogens (tertiary/aromatic N) is 2. The van der Waals surface area contributed by atoms with Crippen molar-refractivity contribution in [1.29, 1.82) is 0 Å². The van der Waals surface area contributed by atoms with Gasteiger partial charge in [-0.15, -0.1) is 0 Å². The molecule has 5 N–H and O–H groups in total. The van der Waals surface area contributed by atoms with Gasteiger partial charge in [-0.25, -0.2) is 19.9 Å². The van der Waals surface area contributed by atoms with Crippen molar-refractivity contribution in [2.24, 2.45) is 10.7 Å². The van der Waals surface area contributed by atoms with Gasteiger partial charge in [-0.05, 0) is 33.6 Å². The van der Waals surface area contributed by atoms with Crippen LogP contribution in [0.25, 0.3) is 0 Å². The molecule has 0 bridgehead atoms. The third-order valence-electron chi connectivity index (χ3n) is 2.04. The summed E-state index contributed by atoms with van der Waals surface area (Å²) in [6.45, 7) is 6.23. The number of hydrogen-bond acceptors (Lipinski definition) is 6. The van der Waals surface area contributed by atoms with E-state index in [4.69, 9.17) is 15.6 Å². The van der Waals surface area contributed by atoms with Crippen LogP contribution in [0.1, 0.15) is 33.6 Å². The molecule has 121 valence electrons. The van der Waals surface area contributed by atoms with Gasteiger partial charge in [0.15, 0.2) is 5.03 Å². The maximum absolute atomic E-state index is 11.5. The smallest absolute Gasteiger partial charge is 0.407 e. The van der Waals surface area contributed by atoms with Crippen molar-refractivity contribution < 1.29 is 19.7 Å². The number of nitro groups is 1.